The molecule has 2 atom stereocenters. The fourth-order valence-corrected chi connectivity index (χ4v) is 3.85. The maximum Gasteiger partial charge on any atom is 0.252 e. The van der Waals surface area contributed by atoms with Crippen molar-refractivity contribution in [2.45, 2.75) is 37.8 Å². The summed E-state index contributed by atoms with van der Waals surface area (Å²) in [6.45, 7) is 0. The van der Waals surface area contributed by atoms with Gasteiger partial charge in [0.1, 0.15) is 5.82 Å². The summed E-state index contributed by atoms with van der Waals surface area (Å²) >= 11 is 0. The molecule has 1 fully saturated rings. The standard InChI is InChI=1S/C20H24FN7O/c1-28-17-11(10-24-28)5-4-8-16(17)26-19-12(18(23)29)9-13(21)20(27-19)25-15-7-3-2-6-14(15)22/h4-5,8-10,14-15H,2-3,6-7,22H2,1H3,(H2,23,29)(H2,25,26,27)/t14-,15?/m0/s1. The quantitative estimate of drug-likeness (QED) is 0.525. The zero-order valence-electron chi connectivity index (χ0n) is 16.2. The van der Waals surface area contributed by atoms with Crippen molar-refractivity contribution in [1.29, 1.82) is 0 Å². The molecule has 3 aromatic rings. The van der Waals surface area contributed by atoms with Gasteiger partial charge < -0.3 is 22.1 Å². The third kappa shape index (κ3) is 3.73. The molecule has 0 aliphatic heterocycles. The van der Waals surface area contributed by atoms with Crippen molar-refractivity contribution < 1.29 is 9.18 Å². The van der Waals surface area contributed by atoms with E-state index >= 15 is 0 Å². The van der Waals surface area contributed by atoms with E-state index in [1.807, 2.05) is 25.2 Å². The van der Waals surface area contributed by atoms with Crippen molar-refractivity contribution in [1.82, 2.24) is 14.8 Å². The number of carbonyl (C=O) groups is 1. The number of para-hydroxylation sites is 1. The molecule has 1 aliphatic carbocycles. The summed E-state index contributed by atoms with van der Waals surface area (Å²) in [7, 11) is 1.82. The van der Waals surface area contributed by atoms with E-state index in [1.165, 1.54) is 0 Å². The van der Waals surface area contributed by atoms with Gasteiger partial charge in [-0.05, 0) is 25.0 Å². The fraction of sp³-hybridized carbons (Fsp3) is 0.350. The SMILES string of the molecule is Cn1ncc2cccc(Nc3nc(NC4CCCC[C@@H]4N)c(F)cc3C(N)=O)c21. The van der Waals surface area contributed by atoms with Gasteiger partial charge in [-0.2, -0.15) is 5.10 Å². The van der Waals surface area contributed by atoms with Crippen LogP contribution in [0.2, 0.25) is 0 Å². The van der Waals surface area contributed by atoms with Crippen molar-refractivity contribution in [2.24, 2.45) is 18.5 Å². The van der Waals surface area contributed by atoms with Crippen molar-refractivity contribution in [2.75, 3.05) is 10.6 Å². The normalized spacial score (nSPS) is 19.3. The molecule has 0 bridgehead atoms. The summed E-state index contributed by atoms with van der Waals surface area (Å²) in [6.07, 6.45) is 5.56. The maximum atomic E-state index is 14.7. The molecule has 152 valence electrons. The van der Waals surface area contributed by atoms with Crippen molar-refractivity contribution >= 4 is 34.1 Å². The number of benzene rings is 1. The molecule has 0 spiro atoms. The smallest absolute Gasteiger partial charge is 0.252 e. The Morgan fingerprint density at radius 3 is 2.83 bits per heavy atom. The number of hydrogen-bond acceptors (Lipinski definition) is 6. The Hall–Kier alpha value is -3.20. The highest BCUT2D eigenvalue weighted by Crippen LogP contribution is 2.29. The minimum atomic E-state index is -0.767. The highest BCUT2D eigenvalue weighted by atomic mass is 19.1. The number of pyridine rings is 1. The topological polar surface area (TPSA) is 124 Å². The van der Waals surface area contributed by atoms with Gasteiger partial charge in [-0.15, -0.1) is 0 Å². The van der Waals surface area contributed by atoms with Gasteiger partial charge in [-0.25, -0.2) is 9.37 Å². The van der Waals surface area contributed by atoms with Gasteiger partial charge in [0, 0.05) is 24.5 Å². The first-order valence-corrected chi connectivity index (χ1v) is 9.64. The maximum absolute atomic E-state index is 14.7. The molecule has 9 heteroatoms. The molecule has 2 heterocycles. The molecule has 1 aliphatic rings. The Balaban J connectivity index is 1.72. The van der Waals surface area contributed by atoms with E-state index in [2.05, 4.69) is 20.7 Å². The fourth-order valence-electron chi connectivity index (χ4n) is 3.85. The second-order valence-corrected chi connectivity index (χ2v) is 7.41. The number of hydrogen-bond donors (Lipinski definition) is 4. The lowest BCUT2D eigenvalue weighted by Crippen LogP contribution is -2.43. The number of nitrogens with zero attached hydrogens (tertiary/aromatic N) is 3. The van der Waals surface area contributed by atoms with E-state index in [4.69, 9.17) is 11.5 Å². The third-order valence-electron chi connectivity index (χ3n) is 5.40. The van der Waals surface area contributed by atoms with Crippen LogP contribution in [0.4, 0.5) is 21.7 Å². The van der Waals surface area contributed by atoms with Crippen LogP contribution in [0.5, 0.6) is 0 Å². The second kappa shape index (κ2) is 7.67. The zero-order chi connectivity index (χ0) is 20.5. The number of primary amides is 1. The van der Waals surface area contributed by atoms with Crippen LogP contribution in [0.1, 0.15) is 36.0 Å². The molecule has 6 N–H and O–H groups in total. The minimum Gasteiger partial charge on any atom is -0.365 e. The van der Waals surface area contributed by atoms with Gasteiger partial charge in [0.25, 0.3) is 5.91 Å². The number of anilines is 3. The van der Waals surface area contributed by atoms with Crippen LogP contribution in [-0.2, 0) is 7.05 Å². The van der Waals surface area contributed by atoms with E-state index in [9.17, 15) is 9.18 Å². The van der Waals surface area contributed by atoms with Crippen molar-refractivity contribution in [3.8, 4) is 0 Å². The number of rotatable bonds is 5. The molecule has 1 aromatic carbocycles. The minimum absolute atomic E-state index is 0.0276. The van der Waals surface area contributed by atoms with E-state index in [-0.39, 0.29) is 29.3 Å². The lowest BCUT2D eigenvalue weighted by atomic mass is 9.91. The first-order chi connectivity index (χ1) is 13.9. The van der Waals surface area contributed by atoms with Gasteiger partial charge in [0.2, 0.25) is 0 Å². The number of halogens is 1. The highest BCUT2D eigenvalue weighted by Gasteiger charge is 2.24. The van der Waals surface area contributed by atoms with Gasteiger partial charge in [-0.1, -0.05) is 25.0 Å². The largest absolute Gasteiger partial charge is 0.365 e. The van der Waals surface area contributed by atoms with Gasteiger partial charge >= 0.3 is 0 Å². The van der Waals surface area contributed by atoms with E-state index in [1.54, 1.807) is 10.9 Å². The number of aryl methyl sites for hydroxylation is 1. The predicted molar refractivity (Wildman–Crippen MR) is 111 cm³/mol. The molecule has 29 heavy (non-hydrogen) atoms. The summed E-state index contributed by atoms with van der Waals surface area (Å²) in [4.78, 5) is 16.3. The van der Waals surface area contributed by atoms with Crippen molar-refractivity contribution in [3.05, 3.63) is 41.8 Å². The zero-order valence-corrected chi connectivity index (χ0v) is 16.2. The van der Waals surface area contributed by atoms with E-state index < -0.39 is 11.7 Å². The molecular formula is C20H24FN7O. The summed E-state index contributed by atoms with van der Waals surface area (Å²) in [6, 6.07) is 6.60. The van der Waals surface area contributed by atoms with Crippen molar-refractivity contribution in [3.63, 3.8) is 0 Å². The molecule has 1 saturated carbocycles. The van der Waals surface area contributed by atoms with Crippen LogP contribution in [0.3, 0.4) is 0 Å². The predicted octanol–water partition coefficient (Wildman–Crippen LogP) is 2.63. The second-order valence-electron chi connectivity index (χ2n) is 7.41. The Bertz CT molecular complexity index is 1060. The number of nitrogens with two attached hydrogens (primary N) is 2. The monoisotopic (exact) mass is 397 g/mol. The van der Waals surface area contributed by atoms with Gasteiger partial charge in [-0.3, -0.25) is 9.48 Å². The molecular weight excluding hydrogens is 373 g/mol. The number of fused-ring (bicyclic) bond motifs is 1. The number of nitrogens with one attached hydrogen (secondary N) is 2. The van der Waals surface area contributed by atoms with Crippen LogP contribution in [-0.4, -0.2) is 32.8 Å². The lowest BCUT2D eigenvalue weighted by Gasteiger charge is -2.30. The molecule has 2 aromatic heterocycles. The molecule has 1 amide bonds. The summed E-state index contributed by atoms with van der Waals surface area (Å²) in [5.41, 5.74) is 13.1. The van der Waals surface area contributed by atoms with E-state index in [0.717, 1.165) is 42.7 Å². The first-order valence-electron chi connectivity index (χ1n) is 9.64. The Kier molecular flexibility index (Phi) is 5.06. The number of aromatic nitrogens is 3. The molecule has 8 nitrogen and oxygen atoms in total. The number of carbonyl (C=O) groups excluding carboxylic acids is 1. The van der Waals surface area contributed by atoms with Crippen LogP contribution in [0.25, 0.3) is 10.9 Å². The first kappa shape index (κ1) is 19.1. The van der Waals surface area contributed by atoms with E-state index in [0.29, 0.717) is 5.69 Å². The molecule has 1 unspecified atom stereocenters. The average Bonchev–Trinajstić information content (AvgIpc) is 3.07. The lowest BCUT2D eigenvalue weighted by molar-refractivity contribution is 0.100. The Labute approximate surface area is 167 Å². The van der Waals surface area contributed by atoms with Gasteiger partial charge in [0.15, 0.2) is 11.6 Å². The summed E-state index contributed by atoms with van der Waals surface area (Å²) in [5.74, 6) is -1.17. The highest BCUT2D eigenvalue weighted by molar-refractivity contribution is 6.00. The summed E-state index contributed by atoms with van der Waals surface area (Å²) in [5, 5.41) is 11.4. The third-order valence-corrected chi connectivity index (χ3v) is 5.40. The molecule has 0 saturated heterocycles. The van der Waals surface area contributed by atoms with Crippen LogP contribution >= 0.6 is 0 Å². The molecule has 0 radical (unpaired) electrons. The van der Waals surface area contributed by atoms with Gasteiger partial charge in [0.05, 0.1) is 23.0 Å². The molecule has 4 rings (SSSR count). The number of amides is 1. The Morgan fingerprint density at radius 1 is 1.28 bits per heavy atom. The summed E-state index contributed by atoms with van der Waals surface area (Å²) < 4.78 is 16.4. The van der Waals surface area contributed by atoms with Crippen LogP contribution in [0.15, 0.2) is 30.5 Å². The van der Waals surface area contributed by atoms with Crippen LogP contribution in [0, 0.1) is 5.82 Å². The van der Waals surface area contributed by atoms with Crippen LogP contribution < -0.4 is 22.1 Å². The Morgan fingerprint density at radius 2 is 2.07 bits per heavy atom. The average molecular weight is 397 g/mol.